The Hall–Kier alpha value is -2.81. The molecule has 1 N–H and O–H groups in total. The lowest BCUT2D eigenvalue weighted by molar-refractivity contribution is 0.102. The number of carbonyl (C=O) groups excluding carboxylic acids is 1. The lowest BCUT2D eigenvalue weighted by Crippen LogP contribution is -2.12. The quantitative estimate of drug-likeness (QED) is 0.302. The van der Waals surface area contributed by atoms with Crippen LogP contribution in [-0.4, -0.2) is 25.1 Å². The molecule has 2 aromatic heterocycles. The number of benzene rings is 2. The van der Waals surface area contributed by atoms with Crippen molar-refractivity contribution < 1.29 is 14.3 Å². The van der Waals surface area contributed by atoms with Crippen LogP contribution >= 0.6 is 34.4 Å². The molecular weight excluding hydrogens is 448 g/mol. The first kappa shape index (κ1) is 21.4. The molecule has 4 aromatic rings. The van der Waals surface area contributed by atoms with Gasteiger partial charge < -0.3 is 9.47 Å². The Morgan fingerprint density at radius 1 is 1.06 bits per heavy atom. The van der Waals surface area contributed by atoms with Crippen LogP contribution in [0.25, 0.3) is 11.3 Å². The summed E-state index contributed by atoms with van der Waals surface area (Å²) in [6.07, 6.45) is 0. The number of methoxy groups -OCH3 is 2. The third-order valence-corrected chi connectivity index (χ3v) is 7.43. The predicted octanol–water partition coefficient (Wildman–Crippen LogP) is 6.43. The van der Waals surface area contributed by atoms with Gasteiger partial charge in [-0.15, -0.1) is 34.4 Å². The van der Waals surface area contributed by atoms with E-state index in [4.69, 9.17) is 9.47 Å². The van der Waals surface area contributed by atoms with E-state index in [2.05, 4.69) is 21.7 Å². The monoisotopic (exact) mass is 468 g/mol. The summed E-state index contributed by atoms with van der Waals surface area (Å²) < 4.78 is 10.8. The molecule has 0 atom stereocenters. The number of aromatic nitrogens is 1. The van der Waals surface area contributed by atoms with Gasteiger partial charge in [0.2, 0.25) is 0 Å². The molecule has 158 valence electrons. The van der Waals surface area contributed by atoms with Crippen molar-refractivity contribution in [2.45, 2.75) is 10.6 Å². The number of thiazole rings is 1. The number of thiophene rings is 1. The van der Waals surface area contributed by atoms with Crippen LogP contribution in [0.5, 0.6) is 11.5 Å². The van der Waals surface area contributed by atoms with E-state index < -0.39 is 0 Å². The fourth-order valence-corrected chi connectivity index (χ4v) is 5.49. The molecule has 0 radical (unpaired) electrons. The zero-order chi connectivity index (χ0) is 21.6. The number of hydrogen-bond donors (Lipinski definition) is 1. The highest BCUT2D eigenvalue weighted by Gasteiger charge is 2.16. The van der Waals surface area contributed by atoms with Crippen LogP contribution in [-0.2, 0) is 5.75 Å². The third-order valence-electron chi connectivity index (χ3n) is 4.49. The first-order chi connectivity index (χ1) is 15.2. The number of amides is 1. The highest BCUT2D eigenvalue weighted by Crippen LogP contribution is 2.35. The number of nitrogens with zero attached hydrogens (tertiary/aromatic N) is 1. The Balaban J connectivity index is 1.51. The summed E-state index contributed by atoms with van der Waals surface area (Å²) in [7, 11) is 3.23. The summed E-state index contributed by atoms with van der Waals surface area (Å²) in [6, 6.07) is 17.3. The summed E-state index contributed by atoms with van der Waals surface area (Å²) in [6.45, 7) is 0. The molecular formula is C23H20N2O3S3. The normalized spacial score (nSPS) is 10.6. The molecule has 0 aliphatic heterocycles. The fourth-order valence-electron chi connectivity index (χ4n) is 2.96. The van der Waals surface area contributed by atoms with Gasteiger partial charge in [-0.25, -0.2) is 4.98 Å². The lowest BCUT2D eigenvalue weighted by Gasteiger charge is -2.09. The minimum atomic E-state index is -0.173. The van der Waals surface area contributed by atoms with Crippen LogP contribution in [0.4, 0.5) is 5.13 Å². The number of carbonyl (C=O) groups is 1. The van der Waals surface area contributed by atoms with Crippen molar-refractivity contribution in [3.8, 4) is 22.8 Å². The van der Waals surface area contributed by atoms with Crippen molar-refractivity contribution in [1.29, 1.82) is 0 Å². The van der Waals surface area contributed by atoms with Gasteiger partial charge in [0.25, 0.3) is 5.91 Å². The molecule has 0 aliphatic rings. The summed E-state index contributed by atoms with van der Waals surface area (Å²) in [5, 5.41) is 7.42. The van der Waals surface area contributed by atoms with Crippen molar-refractivity contribution in [1.82, 2.24) is 4.98 Å². The second-order valence-corrected chi connectivity index (χ2v) is 9.33. The summed E-state index contributed by atoms with van der Waals surface area (Å²) in [4.78, 5) is 19.8. The van der Waals surface area contributed by atoms with Crippen LogP contribution in [0.1, 0.15) is 15.2 Å². The van der Waals surface area contributed by atoms with E-state index in [9.17, 15) is 4.79 Å². The maximum absolute atomic E-state index is 13.0. The Bertz CT molecular complexity index is 1170. The van der Waals surface area contributed by atoms with Crippen LogP contribution in [0.2, 0.25) is 0 Å². The predicted molar refractivity (Wildman–Crippen MR) is 129 cm³/mol. The molecule has 2 heterocycles. The van der Waals surface area contributed by atoms with Crippen molar-refractivity contribution >= 4 is 45.5 Å². The molecule has 0 spiro atoms. The Kier molecular flexibility index (Phi) is 6.91. The molecule has 0 fully saturated rings. The van der Waals surface area contributed by atoms with E-state index >= 15 is 0 Å². The van der Waals surface area contributed by atoms with E-state index in [0.717, 1.165) is 21.9 Å². The molecule has 2 aromatic carbocycles. The van der Waals surface area contributed by atoms with Crippen molar-refractivity contribution in [2.24, 2.45) is 0 Å². The maximum Gasteiger partial charge on any atom is 0.258 e. The minimum absolute atomic E-state index is 0.173. The van der Waals surface area contributed by atoms with Gasteiger partial charge in [-0.05, 0) is 41.8 Å². The molecule has 0 aliphatic carbocycles. The highest BCUT2D eigenvalue weighted by molar-refractivity contribution is 7.98. The smallest absolute Gasteiger partial charge is 0.258 e. The number of rotatable bonds is 8. The molecule has 4 rings (SSSR count). The number of anilines is 1. The van der Waals surface area contributed by atoms with Gasteiger partial charge in [-0.1, -0.05) is 18.2 Å². The molecule has 8 heteroatoms. The SMILES string of the molecule is COc1ccc(OC)c(-c2csc(NC(=O)c3ccccc3SCc3cccs3)n2)c1. The first-order valence-corrected chi connectivity index (χ1v) is 12.2. The van der Waals surface area contributed by atoms with Gasteiger partial charge in [0, 0.05) is 26.5 Å². The number of hydrogen-bond acceptors (Lipinski definition) is 7. The minimum Gasteiger partial charge on any atom is -0.497 e. The van der Waals surface area contributed by atoms with Gasteiger partial charge in [-0.3, -0.25) is 10.1 Å². The summed E-state index contributed by atoms with van der Waals surface area (Å²) in [5.74, 6) is 2.07. The first-order valence-electron chi connectivity index (χ1n) is 9.41. The van der Waals surface area contributed by atoms with Crippen molar-refractivity contribution in [3.63, 3.8) is 0 Å². The molecule has 0 saturated heterocycles. The number of ether oxygens (including phenoxy) is 2. The van der Waals surface area contributed by atoms with Gasteiger partial charge in [0.1, 0.15) is 11.5 Å². The molecule has 5 nitrogen and oxygen atoms in total. The number of thioether (sulfide) groups is 1. The second-order valence-electron chi connectivity index (χ2n) is 6.42. The molecule has 1 amide bonds. The average molecular weight is 469 g/mol. The molecule has 0 bridgehead atoms. The zero-order valence-corrected chi connectivity index (χ0v) is 19.4. The highest BCUT2D eigenvalue weighted by atomic mass is 32.2. The van der Waals surface area contributed by atoms with E-state index in [1.54, 1.807) is 37.3 Å². The molecule has 31 heavy (non-hydrogen) atoms. The van der Waals surface area contributed by atoms with Gasteiger partial charge in [0.05, 0.1) is 25.5 Å². The van der Waals surface area contributed by atoms with E-state index in [-0.39, 0.29) is 5.91 Å². The number of nitrogens with one attached hydrogen (secondary N) is 1. The maximum atomic E-state index is 13.0. The van der Waals surface area contributed by atoms with E-state index in [1.807, 2.05) is 53.9 Å². The van der Waals surface area contributed by atoms with Crippen LogP contribution in [0.15, 0.2) is 70.3 Å². The average Bonchev–Trinajstić information content (AvgIpc) is 3.49. The molecule has 0 unspecified atom stereocenters. The van der Waals surface area contributed by atoms with E-state index in [1.165, 1.54) is 16.2 Å². The summed E-state index contributed by atoms with van der Waals surface area (Å²) >= 11 is 4.75. The third kappa shape index (κ3) is 5.10. The Morgan fingerprint density at radius 2 is 1.94 bits per heavy atom. The summed E-state index contributed by atoms with van der Waals surface area (Å²) in [5.41, 5.74) is 2.17. The second kappa shape index (κ2) is 10.00. The van der Waals surface area contributed by atoms with Crippen LogP contribution in [0.3, 0.4) is 0 Å². The van der Waals surface area contributed by atoms with Crippen LogP contribution in [0, 0.1) is 0 Å². The lowest BCUT2D eigenvalue weighted by atomic mass is 10.1. The zero-order valence-electron chi connectivity index (χ0n) is 17.0. The largest absolute Gasteiger partial charge is 0.497 e. The van der Waals surface area contributed by atoms with Crippen LogP contribution < -0.4 is 14.8 Å². The van der Waals surface area contributed by atoms with Gasteiger partial charge in [-0.2, -0.15) is 0 Å². The standard InChI is InChI=1S/C23H20N2O3S3/c1-27-15-9-10-20(28-2)18(12-15)19-14-31-23(24-19)25-22(26)17-7-3-4-8-21(17)30-13-16-6-5-11-29-16/h3-12,14H,13H2,1-2H3,(H,24,25,26). The fraction of sp³-hybridized carbons (Fsp3) is 0.130. The Labute approximate surface area is 193 Å². The van der Waals surface area contributed by atoms with E-state index in [0.29, 0.717) is 22.2 Å². The molecule has 0 saturated carbocycles. The van der Waals surface area contributed by atoms with Gasteiger partial charge >= 0.3 is 0 Å². The van der Waals surface area contributed by atoms with Crippen molar-refractivity contribution in [3.05, 3.63) is 75.8 Å². The topological polar surface area (TPSA) is 60.5 Å². The van der Waals surface area contributed by atoms with Gasteiger partial charge in [0.15, 0.2) is 5.13 Å². The Morgan fingerprint density at radius 3 is 2.71 bits per heavy atom. The van der Waals surface area contributed by atoms with Crippen molar-refractivity contribution in [2.75, 3.05) is 19.5 Å².